The van der Waals surface area contributed by atoms with E-state index in [0.717, 1.165) is 30.4 Å². The zero-order chi connectivity index (χ0) is 28.7. The van der Waals surface area contributed by atoms with Crippen molar-refractivity contribution < 1.29 is 40.9 Å². The van der Waals surface area contributed by atoms with Crippen LogP contribution in [0.1, 0.15) is 37.0 Å². The molecule has 0 atom stereocenters. The molecule has 38 heavy (non-hydrogen) atoms. The first-order valence-corrected chi connectivity index (χ1v) is 12.0. The van der Waals surface area contributed by atoms with Gasteiger partial charge in [-0.1, -0.05) is 38.5 Å². The van der Waals surface area contributed by atoms with Crippen LogP contribution in [0.25, 0.3) is 0 Å². The van der Waals surface area contributed by atoms with Crippen molar-refractivity contribution in [3.8, 4) is 46.0 Å². The SMILES string of the molecule is CCCc1c(O)cc(C)c(CC)c1O.Oc1cccc(O)c1.Oc1cccc(O)c1.Oc1cccc(O)c1. The lowest BCUT2D eigenvalue weighted by molar-refractivity contribution is 0.432. The Morgan fingerprint density at radius 3 is 1.08 bits per heavy atom. The first kappa shape index (κ1) is 31.3. The van der Waals surface area contributed by atoms with E-state index < -0.39 is 0 Å². The highest BCUT2D eigenvalue weighted by atomic mass is 16.3. The summed E-state index contributed by atoms with van der Waals surface area (Å²) in [5.41, 5.74) is 2.60. The van der Waals surface area contributed by atoms with Gasteiger partial charge in [-0.15, -0.1) is 0 Å². The van der Waals surface area contributed by atoms with Crippen LogP contribution in [0.4, 0.5) is 0 Å². The third-order valence-electron chi connectivity index (χ3n) is 5.05. The molecule has 0 unspecified atom stereocenters. The van der Waals surface area contributed by atoms with Crippen molar-refractivity contribution in [1.29, 1.82) is 0 Å². The number of hydrogen-bond donors (Lipinski definition) is 8. The Morgan fingerprint density at radius 1 is 0.500 bits per heavy atom. The molecule has 0 amide bonds. The molecule has 0 bridgehead atoms. The van der Waals surface area contributed by atoms with Gasteiger partial charge in [0.1, 0.15) is 46.0 Å². The maximum atomic E-state index is 9.92. The van der Waals surface area contributed by atoms with Gasteiger partial charge in [0.25, 0.3) is 0 Å². The standard InChI is InChI=1S/C12H18O2.3C6H6O2/c1-4-6-10-11(13)7-8(3)9(5-2)12(10)14;3*7-5-2-1-3-6(8)4-5/h7,13-14H,4-6H2,1-3H3;3*1-4,7-8H. The highest BCUT2D eigenvalue weighted by Crippen LogP contribution is 2.34. The molecule has 8 heteroatoms. The van der Waals surface area contributed by atoms with E-state index in [4.69, 9.17) is 30.6 Å². The van der Waals surface area contributed by atoms with E-state index in [1.807, 2.05) is 20.8 Å². The van der Waals surface area contributed by atoms with Crippen molar-refractivity contribution in [3.63, 3.8) is 0 Å². The molecule has 0 spiro atoms. The molecule has 8 N–H and O–H groups in total. The summed E-state index contributed by atoms with van der Waals surface area (Å²) < 4.78 is 0. The Bertz CT molecular complexity index is 1120. The van der Waals surface area contributed by atoms with E-state index in [-0.39, 0.29) is 46.0 Å². The molecular formula is C30H36O8. The Kier molecular flexibility index (Phi) is 13.3. The second-order valence-electron chi connectivity index (χ2n) is 8.18. The fourth-order valence-corrected chi connectivity index (χ4v) is 3.29. The van der Waals surface area contributed by atoms with E-state index >= 15 is 0 Å². The van der Waals surface area contributed by atoms with Crippen LogP contribution in [0, 0.1) is 6.92 Å². The van der Waals surface area contributed by atoms with E-state index in [1.54, 1.807) is 24.3 Å². The fraction of sp³-hybridized carbons (Fsp3) is 0.200. The number of phenolic OH excluding ortho intramolecular Hbond substituents is 8. The van der Waals surface area contributed by atoms with Gasteiger partial charge in [-0.05, 0) is 73.4 Å². The molecule has 4 aromatic carbocycles. The number of aryl methyl sites for hydroxylation is 1. The third kappa shape index (κ3) is 11.3. The average Bonchev–Trinajstić information content (AvgIpc) is 2.83. The van der Waals surface area contributed by atoms with E-state index in [9.17, 15) is 10.2 Å². The van der Waals surface area contributed by atoms with E-state index in [2.05, 4.69) is 0 Å². The molecule has 0 saturated heterocycles. The van der Waals surface area contributed by atoms with Crippen LogP contribution < -0.4 is 0 Å². The number of benzene rings is 4. The topological polar surface area (TPSA) is 162 Å². The molecule has 0 aliphatic heterocycles. The smallest absolute Gasteiger partial charge is 0.125 e. The van der Waals surface area contributed by atoms with Gasteiger partial charge in [-0.25, -0.2) is 0 Å². The molecule has 0 radical (unpaired) electrons. The van der Waals surface area contributed by atoms with E-state index in [1.165, 1.54) is 54.6 Å². The predicted molar refractivity (Wildman–Crippen MR) is 147 cm³/mol. The molecule has 4 rings (SSSR count). The second-order valence-corrected chi connectivity index (χ2v) is 8.18. The largest absolute Gasteiger partial charge is 0.508 e. The van der Waals surface area contributed by atoms with Gasteiger partial charge in [0.15, 0.2) is 0 Å². The van der Waals surface area contributed by atoms with Crippen LogP contribution >= 0.6 is 0 Å². The van der Waals surface area contributed by atoms with Crippen LogP contribution in [0.15, 0.2) is 78.9 Å². The summed E-state index contributed by atoms with van der Waals surface area (Å²) in [6.07, 6.45) is 2.45. The summed E-state index contributed by atoms with van der Waals surface area (Å²) >= 11 is 0. The van der Waals surface area contributed by atoms with Crippen LogP contribution in [0.2, 0.25) is 0 Å². The first-order chi connectivity index (χ1) is 18.0. The molecule has 8 nitrogen and oxygen atoms in total. The maximum absolute atomic E-state index is 9.92. The summed E-state index contributed by atoms with van der Waals surface area (Å²) in [7, 11) is 0. The van der Waals surface area contributed by atoms with Gasteiger partial charge < -0.3 is 40.9 Å². The molecular weight excluding hydrogens is 488 g/mol. The van der Waals surface area contributed by atoms with Crippen molar-refractivity contribution in [2.45, 2.75) is 40.0 Å². The summed E-state index contributed by atoms with van der Waals surface area (Å²) in [6.45, 7) is 5.95. The molecule has 0 saturated carbocycles. The highest BCUT2D eigenvalue weighted by molar-refractivity contribution is 5.52. The van der Waals surface area contributed by atoms with Crippen molar-refractivity contribution in [2.24, 2.45) is 0 Å². The van der Waals surface area contributed by atoms with Crippen molar-refractivity contribution in [1.82, 2.24) is 0 Å². The maximum Gasteiger partial charge on any atom is 0.125 e. The summed E-state index contributed by atoms with van der Waals surface area (Å²) in [5.74, 6) is 1.03. The quantitative estimate of drug-likeness (QED) is 0.157. The molecule has 204 valence electrons. The zero-order valence-electron chi connectivity index (χ0n) is 21.7. The normalized spacial score (nSPS) is 9.55. The third-order valence-corrected chi connectivity index (χ3v) is 5.05. The molecule has 0 aliphatic rings. The van der Waals surface area contributed by atoms with Gasteiger partial charge in [0.2, 0.25) is 0 Å². The van der Waals surface area contributed by atoms with Gasteiger partial charge in [0, 0.05) is 23.8 Å². The Balaban J connectivity index is 0.000000263. The van der Waals surface area contributed by atoms with Crippen LogP contribution in [-0.2, 0) is 12.8 Å². The van der Waals surface area contributed by atoms with Crippen LogP contribution in [0.3, 0.4) is 0 Å². The van der Waals surface area contributed by atoms with Gasteiger partial charge >= 0.3 is 0 Å². The number of phenols is 8. The lowest BCUT2D eigenvalue weighted by atomic mass is 9.97. The predicted octanol–water partition coefficient (Wildman–Crippen LogP) is 6.21. The summed E-state index contributed by atoms with van der Waals surface area (Å²) in [4.78, 5) is 0. The monoisotopic (exact) mass is 524 g/mol. The van der Waals surface area contributed by atoms with Crippen LogP contribution in [0.5, 0.6) is 46.0 Å². The summed E-state index contributed by atoms with van der Waals surface area (Å²) in [5, 5.41) is 71.5. The van der Waals surface area contributed by atoms with Crippen molar-refractivity contribution in [2.75, 3.05) is 0 Å². The fourth-order valence-electron chi connectivity index (χ4n) is 3.29. The number of rotatable bonds is 3. The van der Waals surface area contributed by atoms with Gasteiger partial charge in [-0.3, -0.25) is 0 Å². The minimum Gasteiger partial charge on any atom is -0.508 e. The first-order valence-electron chi connectivity index (χ1n) is 12.0. The highest BCUT2D eigenvalue weighted by Gasteiger charge is 2.13. The summed E-state index contributed by atoms with van der Waals surface area (Å²) in [6, 6.07) is 19.3. The Morgan fingerprint density at radius 2 is 0.842 bits per heavy atom. The van der Waals surface area contributed by atoms with Gasteiger partial charge in [-0.2, -0.15) is 0 Å². The zero-order valence-corrected chi connectivity index (χ0v) is 21.7. The number of hydrogen-bond acceptors (Lipinski definition) is 8. The van der Waals surface area contributed by atoms with Gasteiger partial charge in [0.05, 0.1) is 0 Å². The minimum atomic E-state index is 0.0880. The molecule has 0 heterocycles. The molecule has 0 fully saturated rings. The molecule has 0 aliphatic carbocycles. The Hall–Kier alpha value is -4.72. The van der Waals surface area contributed by atoms with Crippen molar-refractivity contribution >= 4 is 0 Å². The number of aromatic hydroxyl groups is 8. The van der Waals surface area contributed by atoms with Crippen molar-refractivity contribution in [3.05, 3.63) is 95.6 Å². The molecule has 0 aromatic heterocycles. The average molecular weight is 525 g/mol. The Labute approximate surface area is 222 Å². The van der Waals surface area contributed by atoms with Crippen LogP contribution in [-0.4, -0.2) is 40.9 Å². The van der Waals surface area contributed by atoms with E-state index in [0.29, 0.717) is 5.56 Å². The lowest BCUT2D eigenvalue weighted by Crippen LogP contribution is -1.94. The molecule has 4 aromatic rings. The second kappa shape index (κ2) is 16.1. The lowest BCUT2D eigenvalue weighted by Gasteiger charge is -2.12. The minimum absolute atomic E-state index is 0.0880.